The van der Waals surface area contributed by atoms with Crippen molar-refractivity contribution in [3.05, 3.63) is 53.7 Å². The highest BCUT2D eigenvalue weighted by Gasteiger charge is 2.23. The minimum Gasteiger partial charge on any atom is -0.371 e. The monoisotopic (exact) mass is 382 g/mol. The van der Waals surface area contributed by atoms with Crippen molar-refractivity contribution in [2.24, 2.45) is 5.92 Å². The second kappa shape index (κ2) is 8.35. The van der Waals surface area contributed by atoms with E-state index in [1.54, 1.807) is 11.3 Å². The minimum atomic E-state index is 0.0315. The number of para-hydroxylation sites is 1. The van der Waals surface area contributed by atoms with E-state index in [2.05, 4.69) is 44.6 Å². The molecule has 7 heteroatoms. The molecule has 1 atom stereocenters. The standard InChI is InChI=1S/C20H22N4O2S/c25-18(8-9-19-22-20(23-26-19)17-7-4-12-27-17)21-13-15-10-11-24(14-15)16-5-2-1-3-6-16/h1-7,12,15H,8-11,13-14H2,(H,21,25). The lowest BCUT2D eigenvalue weighted by Gasteiger charge is -2.18. The number of amides is 1. The molecule has 3 heterocycles. The zero-order valence-electron chi connectivity index (χ0n) is 15.0. The van der Waals surface area contributed by atoms with Crippen molar-refractivity contribution in [1.29, 1.82) is 0 Å². The molecule has 27 heavy (non-hydrogen) atoms. The van der Waals surface area contributed by atoms with Crippen LogP contribution in [-0.2, 0) is 11.2 Å². The van der Waals surface area contributed by atoms with Gasteiger partial charge in [0.25, 0.3) is 0 Å². The highest BCUT2D eigenvalue weighted by Crippen LogP contribution is 2.23. The Hall–Kier alpha value is -2.67. The number of nitrogens with one attached hydrogen (secondary N) is 1. The van der Waals surface area contributed by atoms with Crippen LogP contribution >= 0.6 is 11.3 Å². The molecule has 1 unspecified atom stereocenters. The molecular formula is C20H22N4O2S. The molecule has 1 saturated heterocycles. The largest absolute Gasteiger partial charge is 0.371 e. The molecule has 0 bridgehead atoms. The predicted octanol–water partition coefficient (Wildman–Crippen LogP) is 3.37. The number of carbonyl (C=O) groups excluding carboxylic acids is 1. The predicted molar refractivity (Wildman–Crippen MR) is 106 cm³/mol. The Morgan fingerprint density at radius 2 is 2.15 bits per heavy atom. The maximum Gasteiger partial charge on any atom is 0.227 e. The first-order chi connectivity index (χ1) is 13.3. The number of benzene rings is 1. The van der Waals surface area contributed by atoms with Gasteiger partial charge >= 0.3 is 0 Å². The third-order valence-corrected chi connectivity index (χ3v) is 5.64. The number of hydrogen-bond donors (Lipinski definition) is 1. The number of aryl methyl sites for hydroxylation is 1. The van der Waals surface area contributed by atoms with Gasteiger partial charge in [-0.3, -0.25) is 4.79 Å². The van der Waals surface area contributed by atoms with Crippen LogP contribution in [0.1, 0.15) is 18.7 Å². The number of hydrogen-bond acceptors (Lipinski definition) is 6. The van der Waals surface area contributed by atoms with E-state index in [0.717, 1.165) is 24.4 Å². The highest BCUT2D eigenvalue weighted by molar-refractivity contribution is 7.13. The Balaban J connectivity index is 1.19. The summed E-state index contributed by atoms with van der Waals surface area (Å²) in [7, 11) is 0. The maximum absolute atomic E-state index is 12.1. The van der Waals surface area contributed by atoms with E-state index < -0.39 is 0 Å². The van der Waals surface area contributed by atoms with Crippen LogP contribution in [0.5, 0.6) is 0 Å². The first kappa shape index (κ1) is 17.7. The van der Waals surface area contributed by atoms with Gasteiger partial charge in [0.05, 0.1) is 4.88 Å². The molecule has 0 radical (unpaired) electrons. The molecule has 1 aliphatic heterocycles. The summed E-state index contributed by atoms with van der Waals surface area (Å²) in [6.07, 6.45) is 1.93. The molecule has 0 aliphatic carbocycles. The summed E-state index contributed by atoms with van der Waals surface area (Å²) >= 11 is 1.57. The first-order valence-electron chi connectivity index (χ1n) is 9.21. The van der Waals surface area contributed by atoms with E-state index in [1.165, 1.54) is 5.69 Å². The molecule has 1 aliphatic rings. The van der Waals surface area contributed by atoms with Crippen LogP contribution in [-0.4, -0.2) is 35.7 Å². The van der Waals surface area contributed by atoms with Crippen molar-refractivity contribution in [3.8, 4) is 10.7 Å². The van der Waals surface area contributed by atoms with E-state index in [9.17, 15) is 4.79 Å². The van der Waals surface area contributed by atoms with Crippen LogP contribution in [0.15, 0.2) is 52.4 Å². The number of nitrogens with zero attached hydrogens (tertiary/aromatic N) is 3. The van der Waals surface area contributed by atoms with Crippen LogP contribution in [0.2, 0.25) is 0 Å². The lowest BCUT2D eigenvalue weighted by molar-refractivity contribution is -0.121. The fraction of sp³-hybridized carbons (Fsp3) is 0.350. The molecule has 4 rings (SSSR count). The van der Waals surface area contributed by atoms with Crippen molar-refractivity contribution in [2.45, 2.75) is 19.3 Å². The Labute approximate surface area is 162 Å². The third-order valence-electron chi connectivity index (χ3n) is 4.77. The molecule has 0 saturated carbocycles. The first-order valence-corrected chi connectivity index (χ1v) is 10.1. The van der Waals surface area contributed by atoms with Crippen LogP contribution in [0.25, 0.3) is 10.7 Å². The Morgan fingerprint density at radius 3 is 2.96 bits per heavy atom. The summed E-state index contributed by atoms with van der Waals surface area (Å²) in [6.45, 7) is 2.74. The van der Waals surface area contributed by atoms with E-state index in [0.29, 0.717) is 37.0 Å². The van der Waals surface area contributed by atoms with Gasteiger partial charge in [-0.1, -0.05) is 29.4 Å². The van der Waals surface area contributed by atoms with Gasteiger partial charge in [0, 0.05) is 38.2 Å². The molecule has 6 nitrogen and oxygen atoms in total. The van der Waals surface area contributed by atoms with Gasteiger partial charge in [0.15, 0.2) is 0 Å². The summed E-state index contributed by atoms with van der Waals surface area (Å²) < 4.78 is 5.24. The number of rotatable bonds is 7. The van der Waals surface area contributed by atoms with Gasteiger partial charge in [-0.25, -0.2) is 0 Å². The molecule has 1 fully saturated rings. The fourth-order valence-electron chi connectivity index (χ4n) is 3.30. The van der Waals surface area contributed by atoms with Crippen molar-refractivity contribution in [2.75, 3.05) is 24.5 Å². The Bertz CT molecular complexity index is 863. The summed E-state index contributed by atoms with van der Waals surface area (Å²) in [5, 5.41) is 8.99. The lowest BCUT2D eigenvalue weighted by atomic mass is 10.1. The summed E-state index contributed by atoms with van der Waals surface area (Å²) in [5.74, 6) is 1.61. The third kappa shape index (κ3) is 4.54. The van der Waals surface area contributed by atoms with E-state index in [1.807, 2.05) is 23.6 Å². The van der Waals surface area contributed by atoms with Gasteiger partial charge in [-0.2, -0.15) is 4.98 Å². The number of thiophene rings is 1. The fourth-order valence-corrected chi connectivity index (χ4v) is 3.95. The topological polar surface area (TPSA) is 71.3 Å². The molecule has 1 aromatic carbocycles. The van der Waals surface area contributed by atoms with Crippen molar-refractivity contribution < 1.29 is 9.32 Å². The second-order valence-electron chi connectivity index (χ2n) is 6.73. The van der Waals surface area contributed by atoms with Crippen molar-refractivity contribution in [1.82, 2.24) is 15.5 Å². The van der Waals surface area contributed by atoms with Crippen LogP contribution < -0.4 is 10.2 Å². The number of aromatic nitrogens is 2. The van der Waals surface area contributed by atoms with Crippen LogP contribution in [0.3, 0.4) is 0 Å². The molecule has 3 aromatic rings. The Kier molecular flexibility index (Phi) is 5.48. The second-order valence-corrected chi connectivity index (χ2v) is 7.68. The maximum atomic E-state index is 12.1. The van der Waals surface area contributed by atoms with E-state index in [-0.39, 0.29) is 5.91 Å². The van der Waals surface area contributed by atoms with Gasteiger partial charge in [-0.15, -0.1) is 11.3 Å². The van der Waals surface area contributed by atoms with Crippen molar-refractivity contribution in [3.63, 3.8) is 0 Å². The minimum absolute atomic E-state index is 0.0315. The van der Waals surface area contributed by atoms with Crippen LogP contribution in [0.4, 0.5) is 5.69 Å². The number of anilines is 1. The SMILES string of the molecule is O=C(CCc1nc(-c2cccs2)no1)NCC1CCN(c2ccccc2)C1. The summed E-state index contributed by atoms with van der Waals surface area (Å²) in [5.41, 5.74) is 1.25. The van der Waals surface area contributed by atoms with Crippen molar-refractivity contribution >= 4 is 22.9 Å². The molecule has 1 amide bonds. The quantitative estimate of drug-likeness (QED) is 0.678. The van der Waals surface area contributed by atoms with Gasteiger partial charge < -0.3 is 14.7 Å². The zero-order chi connectivity index (χ0) is 18.5. The van der Waals surface area contributed by atoms with Gasteiger partial charge in [0.2, 0.25) is 17.6 Å². The summed E-state index contributed by atoms with van der Waals surface area (Å²) in [4.78, 5) is 19.8. The van der Waals surface area contributed by atoms with Gasteiger partial charge in [-0.05, 0) is 35.9 Å². The van der Waals surface area contributed by atoms with E-state index in [4.69, 9.17) is 4.52 Å². The Morgan fingerprint density at radius 1 is 1.26 bits per heavy atom. The van der Waals surface area contributed by atoms with Gasteiger partial charge in [0.1, 0.15) is 0 Å². The normalized spacial score (nSPS) is 16.6. The lowest BCUT2D eigenvalue weighted by Crippen LogP contribution is -2.31. The molecule has 140 valence electrons. The van der Waals surface area contributed by atoms with Crippen LogP contribution in [0, 0.1) is 5.92 Å². The van der Waals surface area contributed by atoms with E-state index >= 15 is 0 Å². The smallest absolute Gasteiger partial charge is 0.227 e. The molecular weight excluding hydrogens is 360 g/mol. The average molecular weight is 382 g/mol. The molecule has 2 aromatic heterocycles. The zero-order valence-corrected chi connectivity index (χ0v) is 15.8. The number of carbonyl (C=O) groups is 1. The average Bonchev–Trinajstić information content (AvgIpc) is 3.47. The highest BCUT2D eigenvalue weighted by atomic mass is 32.1. The molecule has 1 N–H and O–H groups in total. The summed E-state index contributed by atoms with van der Waals surface area (Å²) in [6, 6.07) is 14.3. The molecule has 0 spiro atoms.